The number of rotatable bonds is 10. The van der Waals surface area contributed by atoms with Gasteiger partial charge in [-0.3, -0.25) is 4.79 Å². The molecular formula is C20H24N2O6S. The van der Waals surface area contributed by atoms with Gasteiger partial charge in [0.15, 0.2) is 6.61 Å². The SMILES string of the molecule is COCCNC(=O)COC(=O)c1cccc(S(=O)(=O)N[C@@H](C)c2ccccc2)c1. The van der Waals surface area contributed by atoms with Gasteiger partial charge in [-0.25, -0.2) is 17.9 Å². The predicted octanol–water partition coefficient (Wildman–Crippen LogP) is 1.65. The summed E-state index contributed by atoms with van der Waals surface area (Å²) in [4.78, 5) is 23.7. The van der Waals surface area contributed by atoms with Crippen LogP contribution in [-0.4, -0.2) is 47.2 Å². The van der Waals surface area contributed by atoms with Gasteiger partial charge in [-0.15, -0.1) is 0 Å². The maximum Gasteiger partial charge on any atom is 0.338 e. The van der Waals surface area contributed by atoms with E-state index in [-0.39, 0.29) is 10.5 Å². The van der Waals surface area contributed by atoms with Crippen molar-refractivity contribution in [3.63, 3.8) is 0 Å². The van der Waals surface area contributed by atoms with E-state index < -0.39 is 34.5 Å². The van der Waals surface area contributed by atoms with Crippen LogP contribution in [0.25, 0.3) is 0 Å². The molecule has 0 aliphatic heterocycles. The summed E-state index contributed by atoms with van der Waals surface area (Å²) in [5.74, 6) is -1.27. The summed E-state index contributed by atoms with van der Waals surface area (Å²) in [7, 11) is -2.36. The molecule has 1 atom stereocenters. The number of amides is 1. The first-order valence-corrected chi connectivity index (χ1v) is 10.4. The Hall–Kier alpha value is -2.75. The second-order valence-corrected chi connectivity index (χ2v) is 7.91. The van der Waals surface area contributed by atoms with Gasteiger partial charge in [0.05, 0.1) is 17.1 Å². The fourth-order valence-electron chi connectivity index (χ4n) is 2.46. The number of hydrogen-bond acceptors (Lipinski definition) is 6. The third kappa shape index (κ3) is 6.97. The van der Waals surface area contributed by atoms with Crippen LogP contribution in [0.2, 0.25) is 0 Å². The summed E-state index contributed by atoms with van der Waals surface area (Å²) < 4.78 is 37.6. The Bertz CT molecular complexity index is 931. The summed E-state index contributed by atoms with van der Waals surface area (Å²) in [6.07, 6.45) is 0. The zero-order valence-corrected chi connectivity index (χ0v) is 17.1. The van der Waals surface area contributed by atoms with Crippen molar-refractivity contribution in [3.8, 4) is 0 Å². The lowest BCUT2D eigenvalue weighted by atomic mass is 10.1. The molecule has 0 aromatic heterocycles. The number of carbonyl (C=O) groups is 2. The summed E-state index contributed by atoms with van der Waals surface area (Å²) in [5, 5.41) is 2.52. The molecule has 2 aromatic carbocycles. The van der Waals surface area contributed by atoms with Crippen molar-refractivity contribution >= 4 is 21.9 Å². The molecule has 1 amide bonds. The van der Waals surface area contributed by atoms with Crippen LogP contribution in [0.3, 0.4) is 0 Å². The van der Waals surface area contributed by atoms with E-state index in [2.05, 4.69) is 10.0 Å². The smallest absolute Gasteiger partial charge is 0.338 e. The van der Waals surface area contributed by atoms with E-state index in [1.165, 1.54) is 31.4 Å². The molecule has 29 heavy (non-hydrogen) atoms. The molecule has 9 heteroatoms. The Kier molecular flexibility index (Phi) is 8.32. The Morgan fingerprint density at radius 3 is 2.48 bits per heavy atom. The van der Waals surface area contributed by atoms with Crippen LogP contribution in [-0.2, 0) is 24.3 Å². The first kappa shape index (κ1) is 22.5. The highest BCUT2D eigenvalue weighted by molar-refractivity contribution is 7.89. The first-order valence-electron chi connectivity index (χ1n) is 8.93. The van der Waals surface area contributed by atoms with Gasteiger partial charge in [-0.1, -0.05) is 36.4 Å². The highest BCUT2D eigenvalue weighted by atomic mass is 32.2. The number of carbonyl (C=O) groups excluding carboxylic acids is 2. The van der Waals surface area contributed by atoms with Crippen molar-refractivity contribution in [1.82, 2.24) is 10.0 Å². The maximum atomic E-state index is 12.7. The summed E-state index contributed by atoms with van der Waals surface area (Å²) in [5.41, 5.74) is 0.844. The Morgan fingerprint density at radius 1 is 1.07 bits per heavy atom. The lowest BCUT2D eigenvalue weighted by Gasteiger charge is -2.15. The number of esters is 1. The quantitative estimate of drug-likeness (QED) is 0.447. The average Bonchev–Trinajstić information content (AvgIpc) is 2.72. The van der Waals surface area contributed by atoms with Crippen LogP contribution in [0.1, 0.15) is 28.9 Å². The minimum Gasteiger partial charge on any atom is -0.452 e. The van der Waals surface area contributed by atoms with Gasteiger partial charge >= 0.3 is 5.97 Å². The van der Waals surface area contributed by atoms with Gasteiger partial charge in [0, 0.05) is 19.7 Å². The molecule has 8 nitrogen and oxygen atoms in total. The Labute approximate surface area is 170 Å². The zero-order valence-electron chi connectivity index (χ0n) is 16.3. The van der Waals surface area contributed by atoms with Crippen molar-refractivity contribution in [2.75, 3.05) is 26.9 Å². The number of hydrogen-bond donors (Lipinski definition) is 2. The van der Waals surface area contributed by atoms with Gasteiger partial charge in [0.1, 0.15) is 0 Å². The summed E-state index contributed by atoms with van der Waals surface area (Å²) >= 11 is 0. The number of sulfonamides is 1. The van der Waals surface area contributed by atoms with E-state index in [1.54, 1.807) is 6.92 Å². The first-order chi connectivity index (χ1) is 13.8. The van der Waals surface area contributed by atoms with Crippen LogP contribution >= 0.6 is 0 Å². The number of benzene rings is 2. The van der Waals surface area contributed by atoms with Gasteiger partial charge < -0.3 is 14.8 Å². The fourth-order valence-corrected chi connectivity index (χ4v) is 3.74. The van der Waals surface area contributed by atoms with Crippen LogP contribution in [0, 0.1) is 0 Å². The number of nitrogens with one attached hydrogen (secondary N) is 2. The standard InChI is InChI=1S/C20H24N2O6S/c1-15(16-7-4-3-5-8-16)22-29(25,26)18-10-6-9-17(13-18)20(24)28-14-19(23)21-11-12-27-2/h3-10,13,15,22H,11-12,14H2,1-2H3,(H,21,23)/t15-/m0/s1. The molecule has 0 radical (unpaired) electrons. The maximum absolute atomic E-state index is 12.7. The highest BCUT2D eigenvalue weighted by Crippen LogP contribution is 2.18. The van der Waals surface area contributed by atoms with Crippen LogP contribution in [0.5, 0.6) is 0 Å². The summed E-state index contributed by atoms with van der Waals surface area (Å²) in [6, 6.07) is 14.1. The molecule has 0 bridgehead atoms. The molecule has 0 aliphatic carbocycles. The zero-order chi connectivity index (χ0) is 21.3. The van der Waals surface area contributed by atoms with Crippen molar-refractivity contribution in [3.05, 3.63) is 65.7 Å². The normalized spacial score (nSPS) is 12.2. The average molecular weight is 420 g/mol. The molecule has 2 aromatic rings. The fraction of sp³-hybridized carbons (Fsp3) is 0.300. The molecule has 2 rings (SSSR count). The van der Waals surface area contributed by atoms with Crippen LogP contribution < -0.4 is 10.0 Å². The van der Waals surface area contributed by atoms with Crippen LogP contribution in [0.4, 0.5) is 0 Å². The van der Waals surface area contributed by atoms with Gasteiger partial charge in [-0.2, -0.15) is 0 Å². The third-order valence-corrected chi connectivity index (χ3v) is 5.51. The minimum absolute atomic E-state index is 0.0323. The molecule has 0 unspecified atom stereocenters. The molecule has 0 spiro atoms. The highest BCUT2D eigenvalue weighted by Gasteiger charge is 2.20. The molecule has 0 saturated heterocycles. The van der Waals surface area contributed by atoms with E-state index in [4.69, 9.17) is 9.47 Å². The molecular weight excluding hydrogens is 396 g/mol. The lowest BCUT2D eigenvalue weighted by Crippen LogP contribution is -2.31. The monoisotopic (exact) mass is 420 g/mol. The van der Waals surface area contributed by atoms with E-state index >= 15 is 0 Å². The number of methoxy groups -OCH3 is 1. The van der Waals surface area contributed by atoms with Crippen molar-refractivity contribution < 1.29 is 27.5 Å². The molecule has 156 valence electrons. The molecule has 0 saturated carbocycles. The molecule has 2 N–H and O–H groups in total. The van der Waals surface area contributed by atoms with Crippen molar-refractivity contribution in [2.24, 2.45) is 0 Å². The topological polar surface area (TPSA) is 111 Å². The Morgan fingerprint density at radius 2 is 1.79 bits per heavy atom. The van der Waals surface area contributed by atoms with Crippen LogP contribution in [0.15, 0.2) is 59.5 Å². The van der Waals surface area contributed by atoms with Gasteiger partial charge in [0.2, 0.25) is 10.0 Å². The Balaban J connectivity index is 2.02. The lowest BCUT2D eigenvalue weighted by molar-refractivity contribution is -0.124. The third-order valence-electron chi connectivity index (χ3n) is 3.97. The summed E-state index contributed by atoms with van der Waals surface area (Å²) in [6.45, 7) is 1.90. The number of ether oxygens (including phenoxy) is 2. The second-order valence-electron chi connectivity index (χ2n) is 6.20. The molecule has 0 fully saturated rings. The van der Waals surface area contributed by atoms with Gasteiger partial charge in [0.25, 0.3) is 5.91 Å². The predicted molar refractivity (Wildman–Crippen MR) is 107 cm³/mol. The van der Waals surface area contributed by atoms with E-state index in [9.17, 15) is 18.0 Å². The molecule has 0 aliphatic rings. The van der Waals surface area contributed by atoms with Crippen molar-refractivity contribution in [1.29, 1.82) is 0 Å². The van der Waals surface area contributed by atoms with E-state index in [1.807, 2.05) is 30.3 Å². The second kappa shape index (κ2) is 10.7. The van der Waals surface area contributed by atoms with Gasteiger partial charge in [-0.05, 0) is 30.7 Å². The minimum atomic E-state index is -3.86. The largest absolute Gasteiger partial charge is 0.452 e. The van der Waals surface area contributed by atoms with E-state index in [0.717, 1.165) is 5.56 Å². The van der Waals surface area contributed by atoms with E-state index in [0.29, 0.717) is 13.2 Å². The van der Waals surface area contributed by atoms with Crippen molar-refractivity contribution in [2.45, 2.75) is 17.9 Å². The molecule has 0 heterocycles.